The van der Waals surface area contributed by atoms with Gasteiger partial charge in [-0.25, -0.2) is 0 Å². The molecule has 0 radical (unpaired) electrons. The van der Waals surface area contributed by atoms with Gasteiger partial charge in [0.05, 0.1) is 0 Å². The van der Waals surface area contributed by atoms with E-state index < -0.39 is 5.41 Å². The molecular weight excluding hydrogens is 338 g/mol. The Morgan fingerprint density at radius 2 is 1.63 bits per heavy atom. The maximum absolute atomic E-state index is 12.6. The highest BCUT2D eigenvalue weighted by Gasteiger charge is 2.38. The van der Waals surface area contributed by atoms with Crippen LogP contribution in [-0.2, 0) is 22.7 Å². The largest absolute Gasteiger partial charge is 0.350 e. The number of amides is 2. The second-order valence-corrected chi connectivity index (χ2v) is 8.92. The monoisotopic (exact) mass is 371 g/mol. The Morgan fingerprint density at radius 1 is 1.00 bits per heavy atom. The van der Waals surface area contributed by atoms with Gasteiger partial charge in [0.25, 0.3) is 0 Å². The summed E-state index contributed by atoms with van der Waals surface area (Å²) in [7, 11) is 0. The molecule has 5 heteroatoms. The Balaban J connectivity index is 1.51. The van der Waals surface area contributed by atoms with Gasteiger partial charge in [-0.05, 0) is 49.9 Å². The maximum Gasteiger partial charge on any atom is 0.243 e. The van der Waals surface area contributed by atoms with Gasteiger partial charge in [0.2, 0.25) is 11.8 Å². The van der Waals surface area contributed by atoms with Gasteiger partial charge in [0.1, 0.15) is 6.04 Å². The first-order valence-corrected chi connectivity index (χ1v) is 10.2. The van der Waals surface area contributed by atoms with Crippen LogP contribution in [0.25, 0.3) is 0 Å². The molecule has 3 rings (SSSR count). The predicted molar refractivity (Wildman–Crippen MR) is 107 cm³/mol. The van der Waals surface area contributed by atoms with E-state index in [0.29, 0.717) is 13.1 Å². The highest BCUT2D eigenvalue weighted by molar-refractivity contribution is 5.90. The van der Waals surface area contributed by atoms with Crippen molar-refractivity contribution in [2.24, 2.45) is 5.41 Å². The molecule has 2 aliphatic heterocycles. The molecule has 2 saturated heterocycles. The van der Waals surface area contributed by atoms with E-state index in [9.17, 15) is 9.59 Å². The summed E-state index contributed by atoms with van der Waals surface area (Å²) in [6.07, 6.45) is 4.26. The summed E-state index contributed by atoms with van der Waals surface area (Å²) in [6.45, 7) is 10.3. The molecular formula is C22H33N3O2. The molecule has 0 spiro atoms. The SMILES string of the molecule is CC(C)(C)C(=O)N1CCCC1C(=O)NCc1ccc(CN2CCCC2)cc1. The molecule has 0 aromatic heterocycles. The van der Waals surface area contributed by atoms with Crippen LogP contribution in [0.3, 0.4) is 0 Å². The molecule has 2 aliphatic rings. The van der Waals surface area contributed by atoms with Crippen molar-refractivity contribution < 1.29 is 9.59 Å². The van der Waals surface area contributed by atoms with E-state index in [0.717, 1.165) is 24.9 Å². The average Bonchev–Trinajstić information content (AvgIpc) is 3.31. The van der Waals surface area contributed by atoms with Crippen molar-refractivity contribution in [1.82, 2.24) is 15.1 Å². The number of nitrogens with zero attached hydrogens (tertiary/aromatic N) is 2. The third-order valence-corrected chi connectivity index (χ3v) is 5.55. The molecule has 1 aromatic carbocycles. The van der Waals surface area contributed by atoms with Crippen molar-refractivity contribution in [2.45, 2.75) is 65.6 Å². The first-order chi connectivity index (χ1) is 12.8. The summed E-state index contributed by atoms with van der Waals surface area (Å²) < 4.78 is 0. The van der Waals surface area contributed by atoms with Crippen LogP contribution >= 0.6 is 0 Å². The first-order valence-electron chi connectivity index (χ1n) is 10.2. The van der Waals surface area contributed by atoms with Crippen molar-refractivity contribution in [2.75, 3.05) is 19.6 Å². The molecule has 1 N–H and O–H groups in total. The molecule has 2 amide bonds. The lowest BCUT2D eigenvalue weighted by molar-refractivity contribution is -0.144. The lowest BCUT2D eigenvalue weighted by Gasteiger charge is -2.30. The lowest BCUT2D eigenvalue weighted by Crippen LogP contribution is -2.49. The zero-order chi connectivity index (χ0) is 19.4. The fourth-order valence-electron chi connectivity index (χ4n) is 3.98. The van der Waals surface area contributed by atoms with E-state index in [-0.39, 0.29) is 17.9 Å². The molecule has 5 nitrogen and oxygen atoms in total. The van der Waals surface area contributed by atoms with Gasteiger partial charge in [-0.1, -0.05) is 45.0 Å². The van der Waals surface area contributed by atoms with Crippen LogP contribution in [-0.4, -0.2) is 47.3 Å². The minimum Gasteiger partial charge on any atom is -0.350 e. The number of likely N-dealkylation sites (tertiary alicyclic amines) is 2. The number of hydrogen-bond acceptors (Lipinski definition) is 3. The van der Waals surface area contributed by atoms with Crippen LogP contribution in [0, 0.1) is 5.41 Å². The minimum absolute atomic E-state index is 0.0359. The first kappa shape index (κ1) is 19.9. The van der Waals surface area contributed by atoms with E-state index in [1.54, 1.807) is 4.90 Å². The standard InChI is InChI=1S/C22H33N3O2/c1-22(2,3)21(27)25-14-6-7-19(25)20(26)23-15-17-8-10-18(11-9-17)16-24-12-4-5-13-24/h8-11,19H,4-7,12-16H2,1-3H3,(H,23,26). The summed E-state index contributed by atoms with van der Waals surface area (Å²) >= 11 is 0. The summed E-state index contributed by atoms with van der Waals surface area (Å²) in [5.41, 5.74) is 1.97. The quantitative estimate of drug-likeness (QED) is 0.866. The summed E-state index contributed by atoms with van der Waals surface area (Å²) in [5, 5.41) is 3.03. The molecule has 0 bridgehead atoms. The summed E-state index contributed by atoms with van der Waals surface area (Å²) in [4.78, 5) is 29.5. The number of carbonyl (C=O) groups is 2. The topological polar surface area (TPSA) is 52.7 Å². The second-order valence-electron chi connectivity index (χ2n) is 8.92. The Bertz CT molecular complexity index is 657. The molecule has 27 heavy (non-hydrogen) atoms. The van der Waals surface area contributed by atoms with Crippen LogP contribution in [0.15, 0.2) is 24.3 Å². The van der Waals surface area contributed by atoms with E-state index in [1.165, 1.54) is 31.5 Å². The Kier molecular flexibility index (Phi) is 6.20. The number of benzene rings is 1. The van der Waals surface area contributed by atoms with Gasteiger partial charge in [-0.2, -0.15) is 0 Å². The van der Waals surface area contributed by atoms with Crippen molar-refractivity contribution >= 4 is 11.8 Å². The van der Waals surface area contributed by atoms with Crippen LogP contribution in [0.1, 0.15) is 57.6 Å². The third-order valence-electron chi connectivity index (χ3n) is 5.55. The fourth-order valence-corrected chi connectivity index (χ4v) is 3.98. The Morgan fingerprint density at radius 3 is 2.26 bits per heavy atom. The van der Waals surface area contributed by atoms with Crippen molar-refractivity contribution in [1.29, 1.82) is 0 Å². The zero-order valence-corrected chi connectivity index (χ0v) is 17.0. The number of rotatable bonds is 5. The average molecular weight is 372 g/mol. The van der Waals surface area contributed by atoms with Gasteiger partial charge >= 0.3 is 0 Å². The third kappa shape index (κ3) is 5.10. The fraction of sp³-hybridized carbons (Fsp3) is 0.636. The highest BCUT2D eigenvalue weighted by atomic mass is 16.2. The molecule has 1 atom stereocenters. The summed E-state index contributed by atoms with van der Waals surface area (Å²) in [5.74, 6) is 0.0256. The van der Waals surface area contributed by atoms with Gasteiger partial charge in [0.15, 0.2) is 0 Å². The molecule has 1 aromatic rings. The zero-order valence-electron chi connectivity index (χ0n) is 17.0. The highest BCUT2D eigenvalue weighted by Crippen LogP contribution is 2.25. The van der Waals surface area contributed by atoms with Gasteiger partial charge in [-0.3, -0.25) is 14.5 Å². The molecule has 148 valence electrons. The van der Waals surface area contributed by atoms with E-state index in [2.05, 4.69) is 34.5 Å². The Hall–Kier alpha value is -1.88. The predicted octanol–water partition coefficient (Wildman–Crippen LogP) is 2.94. The molecule has 2 heterocycles. The van der Waals surface area contributed by atoms with Gasteiger partial charge in [0, 0.05) is 25.0 Å². The number of nitrogens with one attached hydrogen (secondary N) is 1. The molecule has 0 saturated carbocycles. The lowest BCUT2D eigenvalue weighted by atomic mass is 9.94. The van der Waals surface area contributed by atoms with Crippen LogP contribution < -0.4 is 5.32 Å². The molecule has 1 unspecified atom stereocenters. The smallest absolute Gasteiger partial charge is 0.243 e. The van der Waals surface area contributed by atoms with Crippen LogP contribution in [0.4, 0.5) is 0 Å². The van der Waals surface area contributed by atoms with E-state index in [4.69, 9.17) is 0 Å². The maximum atomic E-state index is 12.6. The second kappa shape index (κ2) is 8.42. The van der Waals surface area contributed by atoms with Crippen molar-refractivity contribution in [3.8, 4) is 0 Å². The number of hydrogen-bond donors (Lipinski definition) is 1. The number of carbonyl (C=O) groups excluding carboxylic acids is 2. The minimum atomic E-state index is -0.450. The van der Waals surface area contributed by atoms with Crippen molar-refractivity contribution in [3.05, 3.63) is 35.4 Å². The normalized spacial score (nSPS) is 20.9. The van der Waals surface area contributed by atoms with Crippen LogP contribution in [0.2, 0.25) is 0 Å². The van der Waals surface area contributed by atoms with Crippen molar-refractivity contribution in [3.63, 3.8) is 0 Å². The van der Waals surface area contributed by atoms with Gasteiger partial charge in [-0.15, -0.1) is 0 Å². The summed E-state index contributed by atoms with van der Waals surface area (Å²) in [6, 6.07) is 8.18. The molecule has 0 aliphatic carbocycles. The Labute approximate surface area is 163 Å². The van der Waals surface area contributed by atoms with E-state index >= 15 is 0 Å². The van der Waals surface area contributed by atoms with E-state index in [1.807, 2.05) is 20.8 Å². The van der Waals surface area contributed by atoms with Gasteiger partial charge < -0.3 is 10.2 Å². The molecule has 2 fully saturated rings. The van der Waals surface area contributed by atoms with Crippen LogP contribution in [0.5, 0.6) is 0 Å².